The molecule has 6 rings (SSSR count). The molecule has 0 nitrogen and oxygen atoms in total. The first-order valence-electron chi connectivity index (χ1n) is 11.0. The fraction of sp³-hybridized carbons (Fsp3) is 0. The SMILES string of the molecule is c1ccc(-c2cc3ccccc3c(-c3cccc4ccccc34)c2-c2ccccc2)cc1. The van der Waals surface area contributed by atoms with Crippen molar-refractivity contribution in [1.29, 1.82) is 0 Å². The quantitative estimate of drug-likeness (QED) is 0.275. The predicted molar refractivity (Wildman–Crippen MR) is 138 cm³/mol. The second-order valence-corrected chi connectivity index (χ2v) is 8.15. The second-order valence-electron chi connectivity index (χ2n) is 8.15. The van der Waals surface area contributed by atoms with E-state index in [2.05, 4.69) is 133 Å². The van der Waals surface area contributed by atoms with Crippen LogP contribution in [0.5, 0.6) is 0 Å². The molecule has 0 fully saturated rings. The molecule has 0 saturated carbocycles. The summed E-state index contributed by atoms with van der Waals surface area (Å²) in [6, 6.07) is 48.0. The molecule has 0 aromatic heterocycles. The Morgan fingerprint density at radius 1 is 0.312 bits per heavy atom. The fourth-order valence-electron chi connectivity index (χ4n) is 4.82. The summed E-state index contributed by atoms with van der Waals surface area (Å²) in [5, 5.41) is 5.08. The lowest BCUT2D eigenvalue weighted by molar-refractivity contribution is 1.59. The van der Waals surface area contributed by atoms with Gasteiger partial charge in [0.05, 0.1) is 0 Å². The van der Waals surface area contributed by atoms with E-state index in [0.717, 1.165) is 0 Å². The summed E-state index contributed by atoms with van der Waals surface area (Å²) in [5.74, 6) is 0. The smallest absolute Gasteiger partial charge is 0.00143 e. The van der Waals surface area contributed by atoms with E-state index in [1.54, 1.807) is 0 Å². The van der Waals surface area contributed by atoms with Gasteiger partial charge in [0.1, 0.15) is 0 Å². The van der Waals surface area contributed by atoms with Crippen LogP contribution in [0, 0.1) is 0 Å². The summed E-state index contributed by atoms with van der Waals surface area (Å²) in [6.45, 7) is 0. The molecule has 0 radical (unpaired) electrons. The van der Waals surface area contributed by atoms with Crippen molar-refractivity contribution in [1.82, 2.24) is 0 Å². The van der Waals surface area contributed by atoms with Gasteiger partial charge in [0.25, 0.3) is 0 Å². The monoisotopic (exact) mass is 406 g/mol. The highest BCUT2D eigenvalue weighted by molar-refractivity contribution is 6.14. The van der Waals surface area contributed by atoms with Crippen LogP contribution >= 0.6 is 0 Å². The minimum absolute atomic E-state index is 1.23. The topological polar surface area (TPSA) is 0 Å². The van der Waals surface area contributed by atoms with Gasteiger partial charge in [-0.1, -0.05) is 127 Å². The Morgan fingerprint density at radius 2 is 0.875 bits per heavy atom. The zero-order valence-corrected chi connectivity index (χ0v) is 17.7. The molecule has 0 bridgehead atoms. The Hall–Kier alpha value is -4.16. The van der Waals surface area contributed by atoms with Crippen molar-refractivity contribution < 1.29 is 0 Å². The van der Waals surface area contributed by atoms with Gasteiger partial charge in [-0.05, 0) is 61.0 Å². The van der Waals surface area contributed by atoms with Crippen LogP contribution in [0.25, 0.3) is 54.9 Å². The molecule has 0 heteroatoms. The number of rotatable bonds is 3. The van der Waals surface area contributed by atoms with Gasteiger partial charge in [-0.2, -0.15) is 0 Å². The normalized spacial score (nSPS) is 11.1. The van der Waals surface area contributed by atoms with E-state index < -0.39 is 0 Å². The van der Waals surface area contributed by atoms with Gasteiger partial charge in [0, 0.05) is 0 Å². The van der Waals surface area contributed by atoms with Crippen molar-refractivity contribution >= 4 is 21.5 Å². The molecule has 6 aromatic rings. The lowest BCUT2D eigenvalue weighted by Gasteiger charge is -2.20. The zero-order chi connectivity index (χ0) is 21.3. The van der Waals surface area contributed by atoms with Gasteiger partial charge in [-0.3, -0.25) is 0 Å². The Kier molecular flexibility index (Phi) is 4.55. The molecular weight excluding hydrogens is 384 g/mol. The van der Waals surface area contributed by atoms with Crippen molar-refractivity contribution in [2.75, 3.05) is 0 Å². The highest BCUT2D eigenvalue weighted by atomic mass is 14.2. The van der Waals surface area contributed by atoms with Crippen LogP contribution in [-0.4, -0.2) is 0 Å². The van der Waals surface area contributed by atoms with Crippen molar-refractivity contribution in [3.8, 4) is 33.4 Å². The molecule has 0 spiro atoms. The molecule has 0 aliphatic heterocycles. The van der Waals surface area contributed by atoms with E-state index in [-0.39, 0.29) is 0 Å². The molecule has 0 unspecified atom stereocenters. The predicted octanol–water partition coefficient (Wildman–Crippen LogP) is 8.99. The van der Waals surface area contributed by atoms with Crippen molar-refractivity contribution in [2.24, 2.45) is 0 Å². The first-order valence-corrected chi connectivity index (χ1v) is 11.0. The van der Waals surface area contributed by atoms with Crippen LogP contribution in [0.3, 0.4) is 0 Å². The Labute approximate surface area is 188 Å². The third kappa shape index (κ3) is 3.09. The molecule has 32 heavy (non-hydrogen) atoms. The third-order valence-electron chi connectivity index (χ3n) is 6.26. The Morgan fingerprint density at radius 3 is 1.62 bits per heavy atom. The van der Waals surface area contributed by atoms with Gasteiger partial charge in [-0.15, -0.1) is 0 Å². The fourth-order valence-corrected chi connectivity index (χ4v) is 4.82. The van der Waals surface area contributed by atoms with E-state index >= 15 is 0 Å². The Bertz CT molecular complexity index is 1540. The van der Waals surface area contributed by atoms with Gasteiger partial charge in [-0.25, -0.2) is 0 Å². The summed E-state index contributed by atoms with van der Waals surface area (Å²) in [5.41, 5.74) is 7.59. The maximum atomic E-state index is 2.35. The summed E-state index contributed by atoms with van der Waals surface area (Å²) < 4.78 is 0. The van der Waals surface area contributed by atoms with E-state index in [9.17, 15) is 0 Å². The molecule has 0 aliphatic carbocycles. The van der Waals surface area contributed by atoms with Gasteiger partial charge in [0.2, 0.25) is 0 Å². The molecule has 0 saturated heterocycles. The summed E-state index contributed by atoms with van der Waals surface area (Å²) in [4.78, 5) is 0. The average Bonchev–Trinajstić information content (AvgIpc) is 2.88. The molecule has 150 valence electrons. The highest BCUT2D eigenvalue weighted by Gasteiger charge is 2.19. The molecule has 6 aromatic carbocycles. The molecular formula is C32H22. The van der Waals surface area contributed by atoms with Gasteiger partial charge in [0.15, 0.2) is 0 Å². The van der Waals surface area contributed by atoms with Crippen molar-refractivity contribution in [3.63, 3.8) is 0 Å². The van der Waals surface area contributed by atoms with E-state index in [1.807, 2.05) is 0 Å². The Balaban J connectivity index is 1.84. The molecule has 0 N–H and O–H groups in total. The number of benzene rings is 6. The molecule has 0 atom stereocenters. The van der Waals surface area contributed by atoms with Gasteiger partial charge >= 0.3 is 0 Å². The standard InChI is InChI=1S/C32H22/c1-3-12-24(13-4-1)30-22-26-17-8-10-20-28(26)32(31(30)25-15-5-2-6-16-25)29-21-11-18-23-14-7-9-19-27(23)29/h1-22H. The van der Waals surface area contributed by atoms with E-state index in [0.29, 0.717) is 0 Å². The van der Waals surface area contributed by atoms with Crippen LogP contribution in [-0.2, 0) is 0 Å². The zero-order valence-electron chi connectivity index (χ0n) is 17.7. The van der Waals surface area contributed by atoms with Gasteiger partial charge < -0.3 is 0 Å². The number of fused-ring (bicyclic) bond motifs is 2. The summed E-state index contributed by atoms with van der Waals surface area (Å²) in [7, 11) is 0. The molecule has 0 amide bonds. The van der Waals surface area contributed by atoms with Crippen LogP contribution in [0.2, 0.25) is 0 Å². The summed E-state index contributed by atoms with van der Waals surface area (Å²) in [6.07, 6.45) is 0. The first-order chi connectivity index (χ1) is 15.9. The van der Waals surface area contributed by atoms with Crippen molar-refractivity contribution in [3.05, 3.63) is 133 Å². The number of hydrogen-bond acceptors (Lipinski definition) is 0. The molecule has 0 heterocycles. The molecule has 0 aliphatic rings. The maximum absolute atomic E-state index is 2.35. The lowest BCUT2D eigenvalue weighted by Crippen LogP contribution is -1.93. The summed E-state index contributed by atoms with van der Waals surface area (Å²) >= 11 is 0. The lowest BCUT2D eigenvalue weighted by atomic mass is 9.83. The minimum atomic E-state index is 1.23. The van der Waals surface area contributed by atoms with Crippen LogP contribution < -0.4 is 0 Å². The third-order valence-corrected chi connectivity index (χ3v) is 6.26. The second kappa shape index (κ2) is 7.83. The maximum Gasteiger partial charge on any atom is -0.00143 e. The van der Waals surface area contributed by atoms with E-state index in [4.69, 9.17) is 0 Å². The van der Waals surface area contributed by atoms with Crippen molar-refractivity contribution in [2.45, 2.75) is 0 Å². The van der Waals surface area contributed by atoms with E-state index in [1.165, 1.54) is 54.9 Å². The van der Waals surface area contributed by atoms with Crippen LogP contribution in [0.1, 0.15) is 0 Å². The first kappa shape index (κ1) is 18.6. The minimum Gasteiger partial charge on any atom is -0.0622 e. The average molecular weight is 407 g/mol. The number of hydrogen-bond donors (Lipinski definition) is 0. The highest BCUT2D eigenvalue weighted by Crippen LogP contribution is 2.46. The largest absolute Gasteiger partial charge is 0.0622 e. The van der Waals surface area contributed by atoms with Crippen LogP contribution in [0.15, 0.2) is 133 Å². The van der Waals surface area contributed by atoms with Crippen LogP contribution in [0.4, 0.5) is 0 Å².